The molecule has 1 amide bonds. The number of thiophene rings is 1. The standard InChI is InChI=1S/C13H20N2OS/c1-13(2,14-3)12(16)15-10-5-4-6-11-9(10)7-8-17-11/h7-8,10,14H,4-6H2,1-3H3,(H,15,16). The largest absolute Gasteiger partial charge is 0.348 e. The molecule has 1 atom stereocenters. The number of fused-ring (bicyclic) bond motifs is 1. The zero-order chi connectivity index (χ0) is 12.5. The molecule has 1 aliphatic carbocycles. The maximum absolute atomic E-state index is 12.1. The number of aryl methyl sites for hydroxylation is 1. The molecule has 94 valence electrons. The molecule has 0 aliphatic heterocycles. The first-order chi connectivity index (χ1) is 8.04. The average Bonchev–Trinajstić information content (AvgIpc) is 2.78. The third-order valence-corrected chi connectivity index (χ3v) is 4.55. The first-order valence-electron chi connectivity index (χ1n) is 6.11. The molecule has 4 heteroatoms. The second-order valence-electron chi connectivity index (χ2n) is 5.09. The lowest BCUT2D eigenvalue weighted by atomic mass is 9.93. The van der Waals surface area contributed by atoms with E-state index in [2.05, 4.69) is 22.1 Å². The van der Waals surface area contributed by atoms with Crippen LogP contribution in [0.5, 0.6) is 0 Å². The van der Waals surface area contributed by atoms with Crippen LogP contribution in [0, 0.1) is 0 Å². The highest BCUT2D eigenvalue weighted by Crippen LogP contribution is 2.33. The van der Waals surface area contributed by atoms with Crippen molar-refractivity contribution in [2.45, 2.75) is 44.7 Å². The van der Waals surface area contributed by atoms with Crippen LogP contribution in [0.25, 0.3) is 0 Å². The predicted molar refractivity (Wildman–Crippen MR) is 71.3 cm³/mol. The van der Waals surface area contributed by atoms with Gasteiger partial charge in [0.2, 0.25) is 5.91 Å². The minimum atomic E-state index is -0.506. The Morgan fingerprint density at radius 2 is 2.29 bits per heavy atom. The Morgan fingerprint density at radius 3 is 3.00 bits per heavy atom. The van der Waals surface area contributed by atoms with Gasteiger partial charge in [0, 0.05) is 4.88 Å². The summed E-state index contributed by atoms with van der Waals surface area (Å²) in [7, 11) is 1.82. The summed E-state index contributed by atoms with van der Waals surface area (Å²) in [6.07, 6.45) is 3.38. The van der Waals surface area contributed by atoms with Gasteiger partial charge in [-0.2, -0.15) is 0 Å². The van der Waals surface area contributed by atoms with Crippen LogP contribution in [-0.4, -0.2) is 18.5 Å². The maximum Gasteiger partial charge on any atom is 0.240 e. The molecule has 0 fully saturated rings. The number of amides is 1. The quantitative estimate of drug-likeness (QED) is 0.866. The highest BCUT2D eigenvalue weighted by atomic mass is 32.1. The van der Waals surface area contributed by atoms with Gasteiger partial charge >= 0.3 is 0 Å². The summed E-state index contributed by atoms with van der Waals surface area (Å²) in [5, 5.41) is 8.32. The van der Waals surface area contributed by atoms with E-state index in [0.29, 0.717) is 0 Å². The number of carbonyl (C=O) groups excluding carboxylic acids is 1. The zero-order valence-corrected chi connectivity index (χ0v) is 11.5. The third kappa shape index (κ3) is 2.53. The van der Waals surface area contributed by atoms with Gasteiger partial charge in [0.05, 0.1) is 11.6 Å². The Bertz CT molecular complexity index is 411. The molecule has 1 aromatic rings. The summed E-state index contributed by atoms with van der Waals surface area (Å²) < 4.78 is 0. The van der Waals surface area contributed by atoms with Crippen LogP contribution >= 0.6 is 11.3 Å². The molecular formula is C13H20N2OS. The van der Waals surface area contributed by atoms with Crippen molar-refractivity contribution < 1.29 is 4.79 Å². The summed E-state index contributed by atoms with van der Waals surface area (Å²) >= 11 is 1.80. The van der Waals surface area contributed by atoms with E-state index >= 15 is 0 Å². The molecule has 1 aliphatic rings. The van der Waals surface area contributed by atoms with Gasteiger partial charge in [-0.15, -0.1) is 11.3 Å². The van der Waals surface area contributed by atoms with Gasteiger partial charge in [-0.25, -0.2) is 0 Å². The van der Waals surface area contributed by atoms with E-state index < -0.39 is 5.54 Å². The van der Waals surface area contributed by atoms with Gasteiger partial charge in [0.25, 0.3) is 0 Å². The highest BCUT2D eigenvalue weighted by Gasteiger charge is 2.29. The van der Waals surface area contributed by atoms with Crippen LogP contribution in [-0.2, 0) is 11.2 Å². The summed E-state index contributed by atoms with van der Waals surface area (Å²) in [5.41, 5.74) is 0.815. The molecule has 2 rings (SSSR count). The van der Waals surface area contributed by atoms with E-state index in [1.165, 1.54) is 16.9 Å². The topological polar surface area (TPSA) is 41.1 Å². The summed E-state index contributed by atoms with van der Waals surface area (Å²) in [6, 6.07) is 2.35. The minimum Gasteiger partial charge on any atom is -0.348 e. The molecule has 3 nitrogen and oxygen atoms in total. The van der Waals surface area contributed by atoms with Gasteiger partial charge in [-0.05, 0) is 57.2 Å². The number of hydrogen-bond donors (Lipinski definition) is 2. The van der Waals surface area contributed by atoms with Crippen molar-refractivity contribution in [2.24, 2.45) is 0 Å². The van der Waals surface area contributed by atoms with Crippen molar-refractivity contribution >= 4 is 17.2 Å². The molecule has 0 saturated heterocycles. The lowest BCUT2D eigenvalue weighted by Gasteiger charge is -2.29. The second kappa shape index (κ2) is 4.78. The van der Waals surface area contributed by atoms with Crippen LogP contribution in [0.1, 0.15) is 43.2 Å². The monoisotopic (exact) mass is 252 g/mol. The van der Waals surface area contributed by atoms with Gasteiger partial charge in [0.1, 0.15) is 0 Å². The molecule has 0 saturated carbocycles. The molecular weight excluding hydrogens is 232 g/mol. The van der Waals surface area contributed by atoms with E-state index in [9.17, 15) is 4.79 Å². The fourth-order valence-corrected chi connectivity index (χ4v) is 3.08. The third-order valence-electron chi connectivity index (χ3n) is 3.55. The van der Waals surface area contributed by atoms with Gasteiger partial charge < -0.3 is 10.6 Å². The zero-order valence-electron chi connectivity index (χ0n) is 10.7. The Morgan fingerprint density at radius 1 is 1.53 bits per heavy atom. The Labute approximate surface area is 107 Å². The van der Waals surface area contributed by atoms with Crippen molar-refractivity contribution in [3.8, 4) is 0 Å². The number of rotatable bonds is 3. The van der Waals surface area contributed by atoms with E-state index in [0.717, 1.165) is 12.8 Å². The Balaban J connectivity index is 2.09. The molecule has 1 aromatic heterocycles. The maximum atomic E-state index is 12.1. The number of hydrogen-bond acceptors (Lipinski definition) is 3. The number of carbonyl (C=O) groups is 1. The molecule has 1 unspecified atom stereocenters. The van der Waals surface area contributed by atoms with Gasteiger partial charge in [0.15, 0.2) is 0 Å². The summed E-state index contributed by atoms with van der Waals surface area (Å²) in [5.74, 6) is 0.0732. The van der Waals surface area contributed by atoms with E-state index in [4.69, 9.17) is 0 Å². The van der Waals surface area contributed by atoms with Gasteiger partial charge in [-0.1, -0.05) is 0 Å². The van der Waals surface area contributed by atoms with Crippen molar-refractivity contribution in [3.05, 3.63) is 21.9 Å². The Kier molecular flexibility index (Phi) is 3.54. The van der Waals surface area contributed by atoms with Crippen LogP contribution < -0.4 is 10.6 Å². The normalized spacial score (nSPS) is 19.8. The lowest BCUT2D eigenvalue weighted by Crippen LogP contribution is -2.52. The fourth-order valence-electron chi connectivity index (χ4n) is 2.09. The smallest absolute Gasteiger partial charge is 0.240 e. The van der Waals surface area contributed by atoms with Crippen LogP contribution in [0.3, 0.4) is 0 Å². The molecule has 0 bridgehead atoms. The first kappa shape index (κ1) is 12.6. The fraction of sp³-hybridized carbons (Fsp3) is 0.615. The molecule has 0 spiro atoms. The lowest BCUT2D eigenvalue weighted by molar-refractivity contribution is -0.127. The van der Waals surface area contributed by atoms with E-state index in [1.54, 1.807) is 11.3 Å². The highest BCUT2D eigenvalue weighted by molar-refractivity contribution is 7.10. The number of nitrogens with one attached hydrogen (secondary N) is 2. The molecule has 0 radical (unpaired) electrons. The molecule has 2 N–H and O–H groups in total. The minimum absolute atomic E-state index is 0.0732. The van der Waals surface area contributed by atoms with Crippen molar-refractivity contribution in [3.63, 3.8) is 0 Å². The van der Waals surface area contributed by atoms with Gasteiger partial charge in [-0.3, -0.25) is 4.79 Å². The van der Waals surface area contributed by atoms with E-state index in [1.807, 2.05) is 20.9 Å². The predicted octanol–water partition coefficient (Wildman–Crippen LogP) is 2.24. The average molecular weight is 252 g/mol. The summed E-state index contributed by atoms with van der Waals surface area (Å²) in [4.78, 5) is 13.6. The molecule has 17 heavy (non-hydrogen) atoms. The van der Waals surface area contributed by atoms with Crippen LogP contribution in [0.2, 0.25) is 0 Å². The SMILES string of the molecule is CNC(C)(C)C(=O)NC1CCCc2sccc21. The van der Waals surface area contributed by atoms with Crippen molar-refractivity contribution in [1.29, 1.82) is 0 Å². The van der Waals surface area contributed by atoms with Crippen LogP contribution in [0.4, 0.5) is 0 Å². The summed E-state index contributed by atoms with van der Waals surface area (Å²) in [6.45, 7) is 3.80. The first-order valence-corrected chi connectivity index (χ1v) is 6.98. The van der Waals surface area contributed by atoms with Crippen molar-refractivity contribution in [1.82, 2.24) is 10.6 Å². The number of likely N-dealkylation sites (N-methyl/N-ethyl adjacent to an activating group) is 1. The van der Waals surface area contributed by atoms with Crippen LogP contribution in [0.15, 0.2) is 11.4 Å². The van der Waals surface area contributed by atoms with Crippen molar-refractivity contribution in [2.75, 3.05) is 7.05 Å². The van der Waals surface area contributed by atoms with E-state index in [-0.39, 0.29) is 11.9 Å². The second-order valence-corrected chi connectivity index (χ2v) is 6.09. The molecule has 0 aromatic carbocycles. The Hall–Kier alpha value is -0.870. The molecule has 1 heterocycles.